The molecule has 94 valence electrons. The lowest BCUT2D eigenvalue weighted by Crippen LogP contribution is -2.60. The topological polar surface area (TPSA) is 78.5 Å². The van der Waals surface area contributed by atoms with Gasteiger partial charge in [-0.25, -0.2) is 9.48 Å². The number of aliphatic imine (C=N–C) groups is 1. The highest BCUT2D eigenvalue weighted by Crippen LogP contribution is 2.21. The lowest BCUT2D eigenvalue weighted by atomic mass is 10.2. The van der Waals surface area contributed by atoms with Crippen molar-refractivity contribution in [2.75, 3.05) is 6.54 Å². The lowest BCUT2D eigenvalue weighted by molar-refractivity contribution is -0.807. The van der Waals surface area contributed by atoms with Gasteiger partial charge in [0.25, 0.3) is 0 Å². The molecular formula is C12H19N3O2. The van der Waals surface area contributed by atoms with E-state index in [1.165, 1.54) is 0 Å². The number of hydrogen-bond acceptors (Lipinski definition) is 4. The number of quaternary nitrogens is 1. The Hall–Kier alpha value is -1.46. The largest absolute Gasteiger partial charge is 0.544 e. The second kappa shape index (κ2) is 5.75. The normalized spacial score (nSPS) is 25.2. The van der Waals surface area contributed by atoms with Crippen molar-refractivity contribution in [3.63, 3.8) is 0 Å². The molecule has 0 aliphatic carbocycles. The molecular weight excluding hydrogens is 218 g/mol. The van der Waals surface area contributed by atoms with Crippen LogP contribution >= 0.6 is 0 Å². The van der Waals surface area contributed by atoms with Gasteiger partial charge < -0.3 is 9.90 Å². The summed E-state index contributed by atoms with van der Waals surface area (Å²) in [7, 11) is 0. The highest BCUT2D eigenvalue weighted by Gasteiger charge is 2.38. The number of carboxylic acid groups (broad SMARTS) is 1. The minimum absolute atomic E-state index is 0.0520. The van der Waals surface area contributed by atoms with E-state index < -0.39 is 5.97 Å². The number of hydrogen-bond donors (Lipinski definition) is 1. The predicted molar refractivity (Wildman–Crippen MR) is 64.4 cm³/mol. The van der Waals surface area contributed by atoms with Crippen LogP contribution in [0.4, 0.5) is 0 Å². The molecule has 0 saturated heterocycles. The van der Waals surface area contributed by atoms with Crippen LogP contribution in [0.25, 0.3) is 0 Å². The fourth-order valence-electron chi connectivity index (χ4n) is 1.88. The highest BCUT2D eigenvalue weighted by molar-refractivity contribution is 5.82. The fourth-order valence-corrected chi connectivity index (χ4v) is 1.88. The van der Waals surface area contributed by atoms with E-state index in [1.54, 1.807) is 19.3 Å². The van der Waals surface area contributed by atoms with E-state index >= 15 is 0 Å². The Morgan fingerprint density at radius 1 is 1.65 bits per heavy atom. The van der Waals surface area contributed by atoms with Gasteiger partial charge >= 0.3 is 0 Å². The number of carboxylic acids is 1. The quantitative estimate of drug-likeness (QED) is 0.525. The maximum Gasteiger partial charge on any atom is 0.213 e. The van der Waals surface area contributed by atoms with Crippen molar-refractivity contribution in [2.45, 2.75) is 32.9 Å². The molecule has 2 unspecified atom stereocenters. The number of amidine groups is 1. The Bertz CT molecular complexity index is 372. The first-order valence-corrected chi connectivity index (χ1v) is 5.75. The number of nitrogens with two attached hydrogens (primary N) is 1. The van der Waals surface area contributed by atoms with Gasteiger partial charge in [0.05, 0.1) is 18.6 Å². The van der Waals surface area contributed by atoms with E-state index in [-0.39, 0.29) is 17.2 Å². The van der Waals surface area contributed by atoms with E-state index in [2.05, 4.69) is 4.99 Å². The van der Waals surface area contributed by atoms with Crippen molar-refractivity contribution in [1.29, 1.82) is 0 Å². The maximum absolute atomic E-state index is 10.9. The average Bonchev–Trinajstić information content (AvgIpc) is 2.62. The molecule has 0 bridgehead atoms. The summed E-state index contributed by atoms with van der Waals surface area (Å²) in [6.45, 7) is 3.64. The van der Waals surface area contributed by atoms with Gasteiger partial charge in [0, 0.05) is 6.92 Å². The Balaban J connectivity index is 2.89. The maximum atomic E-state index is 10.9. The van der Waals surface area contributed by atoms with Gasteiger partial charge in [-0.05, 0) is 6.42 Å². The summed E-state index contributed by atoms with van der Waals surface area (Å²) in [5.41, 5.74) is 5.90. The summed E-state index contributed by atoms with van der Waals surface area (Å²) < 4.78 is 0.0520. The molecule has 2 N–H and O–H groups in total. The zero-order valence-electron chi connectivity index (χ0n) is 10.3. The van der Waals surface area contributed by atoms with Crippen molar-refractivity contribution in [3.05, 3.63) is 24.6 Å². The lowest BCUT2D eigenvalue weighted by Gasteiger charge is -2.35. The first-order valence-electron chi connectivity index (χ1n) is 5.75. The molecule has 0 saturated carbocycles. The van der Waals surface area contributed by atoms with Crippen LogP contribution in [0.3, 0.4) is 0 Å². The molecule has 1 aliphatic heterocycles. The smallest absolute Gasteiger partial charge is 0.213 e. The van der Waals surface area contributed by atoms with Crippen LogP contribution < -0.4 is 10.8 Å². The highest BCUT2D eigenvalue weighted by atomic mass is 16.4. The van der Waals surface area contributed by atoms with Gasteiger partial charge in [0.15, 0.2) is 0 Å². The number of carbonyl (C=O) groups is 1. The fraction of sp³-hybridized carbons (Fsp3) is 0.500. The molecule has 1 rings (SSSR count). The van der Waals surface area contributed by atoms with E-state index in [1.807, 2.05) is 19.1 Å². The van der Waals surface area contributed by atoms with Gasteiger partial charge in [0.1, 0.15) is 18.9 Å². The second-order valence-electron chi connectivity index (χ2n) is 4.13. The molecule has 0 aromatic carbocycles. The van der Waals surface area contributed by atoms with Gasteiger partial charge in [-0.2, -0.15) is 0 Å². The summed E-state index contributed by atoms with van der Waals surface area (Å²) in [5, 5.41) is 10.9. The van der Waals surface area contributed by atoms with Crippen molar-refractivity contribution >= 4 is 11.8 Å². The molecule has 1 aliphatic rings. The summed E-state index contributed by atoms with van der Waals surface area (Å²) in [5.74, 6) is -0.380. The SMILES string of the molecule is CC/C=C/CC1=NC=C[N+]1(CC(=O)[O-])C(C)N. The standard InChI is InChI=1S/C12H19N3O2/c1-3-4-5-6-11-14-7-8-15(11,10(2)13)9-12(16)17/h4-5,7-8,10H,3,6,9,13H2,1-2H3/b5-4+. The summed E-state index contributed by atoms with van der Waals surface area (Å²) >= 11 is 0. The van der Waals surface area contributed by atoms with Crippen molar-refractivity contribution in [2.24, 2.45) is 10.7 Å². The van der Waals surface area contributed by atoms with Crippen LogP contribution in [-0.2, 0) is 4.79 Å². The molecule has 1 heterocycles. The number of allylic oxidation sites excluding steroid dienone is 1. The Kier molecular flexibility index (Phi) is 4.60. The molecule has 0 amide bonds. The number of nitrogens with zero attached hydrogens (tertiary/aromatic N) is 2. The summed E-state index contributed by atoms with van der Waals surface area (Å²) in [6.07, 6.45) is 8.53. The first kappa shape index (κ1) is 13.6. The van der Waals surface area contributed by atoms with E-state index in [9.17, 15) is 9.90 Å². The molecule has 2 atom stereocenters. The molecule has 0 radical (unpaired) electrons. The number of rotatable bonds is 6. The van der Waals surface area contributed by atoms with Gasteiger partial charge in [-0.1, -0.05) is 19.1 Å². The van der Waals surface area contributed by atoms with E-state index in [4.69, 9.17) is 5.73 Å². The Morgan fingerprint density at radius 2 is 2.35 bits per heavy atom. The second-order valence-corrected chi connectivity index (χ2v) is 4.13. The van der Waals surface area contributed by atoms with Crippen LogP contribution in [0.15, 0.2) is 29.5 Å². The molecule has 17 heavy (non-hydrogen) atoms. The van der Waals surface area contributed by atoms with Gasteiger partial charge in [-0.3, -0.25) is 5.73 Å². The number of aliphatic carboxylic acids is 1. The van der Waals surface area contributed by atoms with Gasteiger partial charge in [0.2, 0.25) is 5.84 Å². The summed E-state index contributed by atoms with van der Waals surface area (Å²) in [6, 6.07) is 0. The van der Waals surface area contributed by atoms with E-state index in [0.29, 0.717) is 6.42 Å². The predicted octanol–water partition coefficient (Wildman–Crippen LogP) is 0.0974. The molecule has 0 spiro atoms. The van der Waals surface area contributed by atoms with Crippen molar-refractivity contribution in [3.8, 4) is 0 Å². The zero-order chi connectivity index (χ0) is 12.9. The average molecular weight is 237 g/mol. The zero-order valence-corrected chi connectivity index (χ0v) is 10.3. The molecule has 0 fully saturated rings. The van der Waals surface area contributed by atoms with Crippen LogP contribution in [-0.4, -0.2) is 29.0 Å². The summed E-state index contributed by atoms with van der Waals surface area (Å²) in [4.78, 5) is 15.1. The Morgan fingerprint density at radius 3 is 2.88 bits per heavy atom. The van der Waals surface area contributed by atoms with E-state index in [0.717, 1.165) is 12.3 Å². The third-order valence-corrected chi connectivity index (χ3v) is 2.86. The van der Waals surface area contributed by atoms with Crippen LogP contribution in [0.5, 0.6) is 0 Å². The molecule has 5 heteroatoms. The minimum atomic E-state index is -1.12. The van der Waals surface area contributed by atoms with Crippen LogP contribution in [0.2, 0.25) is 0 Å². The monoisotopic (exact) mass is 237 g/mol. The van der Waals surface area contributed by atoms with Crippen LogP contribution in [0, 0.1) is 0 Å². The Labute approximate surface area is 102 Å². The third kappa shape index (κ3) is 3.01. The number of carbonyl (C=O) groups excluding carboxylic acids is 1. The van der Waals surface area contributed by atoms with Crippen molar-refractivity contribution < 1.29 is 14.4 Å². The van der Waals surface area contributed by atoms with Crippen molar-refractivity contribution in [1.82, 2.24) is 0 Å². The first-order chi connectivity index (χ1) is 8.03. The minimum Gasteiger partial charge on any atom is -0.544 e. The van der Waals surface area contributed by atoms with Gasteiger partial charge in [-0.15, -0.1) is 0 Å². The molecule has 5 nitrogen and oxygen atoms in total. The van der Waals surface area contributed by atoms with Crippen LogP contribution in [0.1, 0.15) is 26.7 Å². The molecule has 0 aromatic rings. The molecule has 0 aromatic heterocycles. The third-order valence-electron chi connectivity index (χ3n) is 2.86.